The van der Waals surface area contributed by atoms with Gasteiger partial charge in [-0.2, -0.15) is 18.4 Å². The third-order valence-electron chi connectivity index (χ3n) is 6.58. The van der Waals surface area contributed by atoms with Crippen LogP contribution in [0, 0.1) is 24.2 Å². The van der Waals surface area contributed by atoms with Crippen molar-refractivity contribution in [3.63, 3.8) is 0 Å². The molecular weight excluding hydrogens is 519 g/mol. The molecule has 1 fully saturated rings. The van der Waals surface area contributed by atoms with Gasteiger partial charge in [-0.3, -0.25) is 0 Å². The zero-order valence-electron chi connectivity index (χ0n) is 20.7. The summed E-state index contributed by atoms with van der Waals surface area (Å²) in [6, 6.07) is 11.4. The van der Waals surface area contributed by atoms with E-state index in [9.17, 15) is 18.4 Å². The molecule has 38 heavy (non-hydrogen) atoms. The van der Waals surface area contributed by atoms with Gasteiger partial charge in [-0.15, -0.1) is 17.5 Å². The molecule has 198 valence electrons. The lowest BCUT2D eigenvalue weighted by molar-refractivity contribution is -0.138. The van der Waals surface area contributed by atoms with Crippen LogP contribution in [0.5, 0.6) is 5.75 Å². The highest BCUT2D eigenvalue weighted by molar-refractivity contribution is 5.85. The van der Waals surface area contributed by atoms with Gasteiger partial charge in [0.15, 0.2) is 5.69 Å². The average molecular weight is 544 g/mol. The summed E-state index contributed by atoms with van der Waals surface area (Å²) in [6.07, 6.45) is -1.22. The van der Waals surface area contributed by atoms with Gasteiger partial charge >= 0.3 is 6.18 Å². The highest BCUT2D eigenvalue weighted by Crippen LogP contribution is 2.39. The number of ether oxygens (including phenoxy) is 1. The van der Waals surface area contributed by atoms with E-state index < -0.39 is 11.7 Å². The van der Waals surface area contributed by atoms with E-state index in [4.69, 9.17) is 4.74 Å². The Hall–Kier alpha value is -3.91. The first kappa shape index (κ1) is 27.1. The first-order valence-corrected chi connectivity index (χ1v) is 11.9. The first-order valence-electron chi connectivity index (χ1n) is 11.9. The summed E-state index contributed by atoms with van der Waals surface area (Å²) >= 11 is 0. The normalized spacial score (nSPS) is 15.4. The fourth-order valence-corrected chi connectivity index (χ4v) is 4.55. The number of nitriles is 1. The summed E-state index contributed by atoms with van der Waals surface area (Å²) in [4.78, 5) is 10.9. The van der Waals surface area contributed by atoms with Crippen LogP contribution in [-0.4, -0.2) is 44.7 Å². The minimum absolute atomic E-state index is 0. The van der Waals surface area contributed by atoms with E-state index in [1.807, 2.05) is 31.3 Å². The zero-order valence-corrected chi connectivity index (χ0v) is 21.6. The van der Waals surface area contributed by atoms with Crippen molar-refractivity contribution in [2.24, 2.45) is 13.0 Å². The predicted molar refractivity (Wildman–Crippen MR) is 138 cm³/mol. The van der Waals surface area contributed by atoms with E-state index in [1.165, 1.54) is 16.8 Å². The molecule has 8 nitrogen and oxygen atoms in total. The Morgan fingerprint density at radius 3 is 2.71 bits per heavy atom. The summed E-state index contributed by atoms with van der Waals surface area (Å²) < 4.78 is 49.0. The molecule has 0 amide bonds. The number of hydrogen-bond acceptors (Lipinski definition) is 7. The minimum Gasteiger partial charge on any atom is -0.493 e. The molecule has 4 heterocycles. The molecule has 0 radical (unpaired) electrons. The Morgan fingerprint density at radius 1 is 1.18 bits per heavy atom. The fourth-order valence-electron chi connectivity index (χ4n) is 4.55. The molecule has 0 aliphatic carbocycles. The molecule has 1 atom stereocenters. The summed E-state index contributed by atoms with van der Waals surface area (Å²) in [5, 5.41) is 17.2. The number of rotatable bonds is 6. The number of anilines is 1. The van der Waals surface area contributed by atoms with Gasteiger partial charge in [0.25, 0.3) is 0 Å². The second-order valence-corrected chi connectivity index (χ2v) is 9.19. The van der Waals surface area contributed by atoms with Gasteiger partial charge in [-0.25, -0.2) is 14.6 Å². The molecule has 0 N–H and O–H groups in total. The van der Waals surface area contributed by atoms with Gasteiger partial charge in [0.05, 0.1) is 23.4 Å². The van der Waals surface area contributed by atoms with Crippen molar-refractivity contribution in [1.82, 2.24) is 25.0 Å². The molecule has 0 spiro atoms. The van der Waals surface area contributed by atoms with Gasteiger partial charge in [-0.05, 0) is 61.6 Å². The fraction of sp³-hybridized carbons (Fsp3) is 0.346. The standard InChI is InChI=1S/C26H24F3N7O.ClH/c1-16-3-6-24(31-14-16)36-9-7-17(15-36)8-10-37-23-5-4-18(11-19(23)26(27,28)29)20-12-22-25(21(13-30)32-20)33-34-35(22)2;/h3-6,11-12,14,17H,7-10,15H2,1-2H3;1H. The third kappa shape index (κ3) is 5.50. The molecule has 4 aromatic rings. The number of hydrogen-bond donors (Lipinski definition) is 0. The Kier molecular flexibility index (Phi) is 7.73. The molecule has 12 heteroatoms. The number of aryl methyl sites for hydroxylation is 2. The lowest BCUT2D eigenvalue weighted by atomic mass is 10.0. The minimum atomic E-state index is -4.62. The van der Waals surface area contributed by atoms with Crippen molar-refractivity contribution in [3.05, 3.63) is 59.4 Å². The van der Waals surface area contributed by atoms with Crippen LogP contribution in [0.3, 0.4) is 0 Å². The highest BCUT2D eigenvalue weighted by atomic mass is 35.5. The number of halogens is 4. The van der Waals surface area contributed by atoms with Crippen LogP contribution < -0.4 is 9.64 Å². The Bertz CT molecular complexity index is 1480. The highest BCUT2D eigenvalue weighted by Gasteiger charge is 2.35. The number of fused-ring (bicyclic) bond motifs is 1. The van der Waals surface area contributed by atoms with E-state index in [1.54, 1.807) is 13.1 Å². The van der Waals surface area contributed by atoms with Gasteiger partial charge in [-0.1, -0.05) is 11.3 Å². The molecule has 0 saturated carbocycles. The third-order valence-corrected chi connectivity index (χ3v) is 6.58. The van der Waals surface area contributed by atoms with Crippen molar-refractivity contribution in [2.45, 2.75) is 25.9 Å². The molecule has 1 unspecified atom stereocenters. The monoisotopic (exact) mass is 543 g/mol. The molecule has 1 aromatic carbocycles. The van der Waals surface area contributed by atoms with Crippen molar-refractivity contribution in [1.29, 1.82) is 5.26 Å². The van der Waals surface area contributed by atoms with Crippen LogP contribution in [-0.2, 0) is 13.2 Å². The Labute approximate surface area is 223 Å². The summed E-state index contributed by atoms with van der Waals surface area (Å²) in [6.45, 7) is 3.81. The largest absolute Gasteiger partial charge is 0.493 e. The molecule has 3 aromatic heterocycles. The lowest BCUT2D eigenvalue weighted by Gasteiger charge is -2.18. The van der Waals surface area contributed by atoms with Crippen LogP contribution in [0.1, 0.15) is 29.7 Å². The van der Waals surface area contributed by atoms with Crippen LogP contribution in [0.2, 0.25) is 0 Å². The van der Waals surface area contributed by atoms with E-state index in [2.05, 4.69) is 25.2 Å². The summed E-state index contributed by atoms with van der Waals surface area (Å²) in [5.74, 6) is 0.997. The molecule has 1 aliphatic heterocycles. The van der Waals surface area contributed by atoms with Crippen molar-refractivity contribution < 1.29 is 17.9 Å². The molecule has 0 bridgehead atoms. The topological polar surface area (TPSA) is 92.8 Å². The average Bonchev–Trinajstić information content (AvgIpc) is 3.50. The van der Waals surface area contributed by atoms with E-state index >= 15 is 0 Å². The second-order valence-electron chi connectivity index (χ2n) is 9.19. The second kappa shape index (κ2) is 10.8. The maximum atomic E-state index is 14.0. The number of pyridine rings is 2. The van der Waals surface area contributed by atoms with E-state index in [0.29, 0.717) is 23.4 Å². The SMILES string of the molecule is Cc1ccc(N2CCC(CCOc3ccc(-c4cc5c(nnn5C)c(C#N)n4)cc3C(F)(F)F)C2)nc1.Cl. The predicted octanol–water partition coefficient (Wildman–Crippen LogP) is 5.34. The number of benzene rings is 1. The Balaban J connectivity index is 0.00000336. The van der Waals surface area contributed by atoms with Gasteiger partial charge in [0.2, 0.25) is 0 Å². The maximum absolute atomic E-state index is 14.0. The molecule has 1 saturated heterocycles. The number of alkyl halides is 3. The van der Waals surface area contributed by atoms with Crippen LogP contribution in [0.15, 0.2) is 42.6 Å². The van der Waals surface area contributed by atoms with E-state index in [-0.39, 0.29) is 41.7 Å². The van der Waals surface area contributed by atoms with Crippen LogP contribution >= 0.6 is 12.4 Å². The number of nitrogens with zero attached hydrogens (tertiary/aromatic N) is 7. The van der Waals surface area contributed by atoms with Crippen LogP contribution in [0.25, 0.3) is 22.3 Å². The van der Waals surface area contributed by atoms with Crippen molar-refractivity contribution >= 4 is 29.3 Å². The first-order chi connectivity index (χ1) is 17.7. The Morgan fingerprint density at radius 2 is 2.00 bits per heavy atom. The summed E-state index contributed by atoms with van der Waals surface area (Å²) in [7, 11) is 1.64. The van der Waals surface area contributed by atoms with Crippen LogP contribution in [0.4, 0.5) is 19.0 Å². The maximum Gasteiger partial charge on any atom is 0.419 e. The van der Waals surface area contributed by atoms with Crippen molar-refractivity contribution in [2.75, 3.05) is 24.6 Å². The van der Waals surface area contributed by atoms with E-state index in [0.717, 1.165) is 37.0 Å². The smallest absolute Gasteiger partial charge is 0.419 e. The number of aromatic nitrogens is 5. The molecule has 1 aliphatic rings. The van der Waals surface area contributed by atoms with Gasteiger partial charge in [0, 0.05) is 31.9 Å². The van der Waals surface area contributed by atoms with Crippen molar-refractivity contribution in [3.8, 4) is 23.1 Å². The zero-order chi connectivity index (χ0) is 26.2. The van der Waals surface area contributed by atoms with Gasteiger partial charge < -0.3 is 9.64 Å². The summed E-state index contributed by atoms with van der Waals surface area (Å²) in [5.41, 5.74) is 1.45. The quantitative estimate of drug-likeness (QED) is 0.324. The molecule has 5 rings (SSSR count). The molecular formula is C26H25ClF3N7O. The van der Waals surface area contributed by atoms with Gasteiger partial charge in [0.1, 0.15) is 23.2 Å². The lowest BCUT2D eigenvalue weighted by Crippen LogP contribution is -2.21.